The Morgan fingerprint density at radius 2 is 1.73 bits per heavy atom. The SMILES string of the molecule is C/C=C(\C=C/CC)CN(CC(F)(F)F)C(=O)Cl.C=CC.CC. The van der Waals surface area contributed by atoms with Gasteiger partial charge in [0, 0.05) is 6.54 Å². The van der Waals surface area contributed by atoms with Gasteiger partial charge in [-0.3, -0.25) is 4.79 Å². The molecule has 0 aromatic rings. The summed E-state index contributed by atoms with van der Waals surface area (Å²) in [4.78, 5) is 11.4. The molecule has 2 nitrogen and oxygen atoms in total. The number of nitrogens with zero attached hydrogens (tertiary/aromatic N) is 1. The monoisotopic (exact) mass is 341 g/mol. The molecule has 0 saturated carbocycles. The zero-order valence-electron chi connectivity index (χ0n) is 14.0. The van der Waals surface area contributed by atoms with Crippen LogP contribution in [-0.2, 0) is 0 Å². The number of hydrogen-bond donors (Lipinski definition) is 0. The maximum absolute atomic E-state index is 12.2. The van der Waals surface area contributed by atoms with Gasteiger partial charge in [0.25, 0.3) is 0 Å². The minimum Gasteiger partial charge on any atom is -0.316 e. The van der Waals surface area contributed by atoms with E-state index in [0.29, 0.717) is 10.5 Å². The fourth-order valence-corrected chi connectivity index (χ4v) is 1.25. The van der Waals surface area contributed by atoms with E-state index in [0.717, 1.165) is 6.42 Å². The minimum atomic E-state index is -4.45. The molecular weight excluding hydrogens is 315 g/mol. The van der Waals surface area contributed by atoms with Crippen molar-refractivity contribution >= 4 is 17.0 Å². The van der Waals surface area contributed by atoms with E-state index in [-0.39, 0.29) is 6.54 Å². The number of hydrogen-bond acceptors (Lipinski definition) is 1. The van der Waals surface area contributed by atoms with Crippen LogP contribution in [0.15, 0.2) is 36.5 Å². The van der Waals surface area contributed by atoms with E-state index in [9.17, 15) is 18.0 Å². The van der Waals surface area contributed by atoms with Crippen LogP contribution in [0.3, 0.4) is 0 Å². The molecule has 0 aliphatic rings. The second kappa shape index (κ2) is 16.1. The molecule has 6 heteroatoms. The maximum Gasteiger partial charge on any atom is 0.406 e. The maximum atomic E-state index is 12.2. The van der Waals surface area contributed by atoms with Gasteiger partial charge in [0.15, 0.2) is 0 Å². The summed E-state index contributed by atoms with van der Waals surface area (Å²) in [6, 6.07) is 0. The first kappa shape index (κ1) is 25.7. The van der Waals surface area contributed by atoms with Crippen LogP contribution >= 0.6 is 11.6 Å². The van der Waals surface area contributed by atoms with Crippen molar-refractivity contribution in [3.63, 3.8) is 0 Å². The summed E-state index contributed by atoms with van der Waals surface area (Å²) in [7, 11) is 0. The summed E-state index contributed by atoms with van der Waals surface area (Å²) in [5.41, 5.74) is 0.616. The molecule has 0 heterocycles. The Labute approximate surface area is 137 Å². The molecule has 130 valence electrons. The van der Waals surface area contributed by atoms with Gasteiger partial charge in [-0.2, -0.15) is 13.2 Å². The van der Waals surface area contributed by atoms with E-state index in [1.54, 1.807) is 31.2 Å². The van der Waals surface area contributed by atoms with Crippen LogP contribution in [0.1, 0.15) is 41.0 Å². The molecule has 0 aliphatic heterocycles. The highest BCUT2D eigenvalue weighted by Crippen LogP contribution is 2.18. The third kappa shape index (κ3) is 18.8. The van der Waals surface area contributed by atoms with Gasteiger partial charge in [-0.25, -0.2) is 0 Å². The van der Waals surface area contributed by atoms with Gasteiger partial charge < -0.3 is 4.90 Å². The summed E-state index contributed by atoms with van der Waals surface area (Å²) < 4.78 is 36.5. The first-order chi connectivity index (χ1) is 10.2. The average Bonchev–Trinajstić information content (AvgIpc) is 2.43. The lowest BCUT2D eigenvalue weighted by molar-refractivity contribution is -0.138. The van der Waals surface area contributed by atoms with Crippen LogP contribution in [0, 0.1) is 0 Å². The van der Waals surface area contributed by atoms with Crippen LogP contribution in [-0.4, -0.2) is 29.5 Å². The van der Waals surface area contributed by atoms with Crippen LogP contribution in [0.2, 0.25) is 0 Å². The second-order valence-corrected chi connectivity index (χ2v) is 4.13. The lowest BCUT2D eigenvalue weighted by Gasteiger charge is -2.21. The molecule has 0 aromatic carbocycles. The number of alkyl halides is 3. The number of amides is 1. The molecule has 0 fully saturated rings. The highest BCUT2D eigenvalue weighted by Gasteiger charge is 2.32. The topological polar surface area (TPSA) is 20.3 Å². The first-order valence-electron chi connectivity index (χ1n) is 7.11. The van der Waals surface area contributed by atoms with Crippen LogP contribution in [0.25, 0.3) is 0 Å². The number of allylic oxidation sites excluding steroid dienone is 3. The molecule has 0 N–H and O–H groups in total. The van der Waals surface area contributed by atoms with Crippen LogP contribution in [0.4, 0.5) is 18.0 Å². The third-order valence-electron chi connectivity index (χ3n) is 1.93. The molecule has 0 unspecified atom stereocenters. The fraction of sp³-hybridized carbons (Fsp3) is 0.562. The largest absolute Gasteiger partial charge is 0.406 e. The summed E-state index contributed by atoms with van der Waals surface area (Å²) in [5, 5.41) is -1.11. The summed E-state index contributed by atoms with van der Waals surface area (Å²) >= 11 is 5.12. The third-order valence-corrected chi connectivity index (χ3v) is 2.17. The fourth-order valence-electron chi connectivity index (χ4n) is 1.13. The van der Waals surface area contributed by atoms with Gasteiger partial charge in [0.05, 0.1) is 0 Å². The van der Waals surface area contributed by atoms with Crippen molar-refractivity contribution in [2.75, 3.05) is 13.1 Å². The average molecular weight is 342 g/mol. The van der Waals surface area contributed by atoms with E-state index < -0.39 is 18.1 Å². The molecule has 0 aromatic heterocycles. The zero-order chi connectivity index (χ0) is 18.2. The van der Waals surface area contributed by atoms with Gasteiger partial charge >= 0.3 is 11.5 Å². The van der Waals surface area contributed by atoms with Crippen molar-refractivity contribution in [3.05, 3.63) is 36.5 Å². The summed E-state index contributed by atoms with van der Waals surface area (Å²) in [5.74, 6) is 0. The highest BCUT2D eigenvalue weighted by molar-refractivity contribution is 6.62. The van der Waals surface area contributed by atoms with E-state index in [1.165, 1.54) is 0 Å². The first-order valence-corrected chi connectivity index (χ1v) is 7.49. The van der Waals surface area contributed by atoms with E-state index in [2.05, 4.69) is 6.58 Å². The molecular formula is C16H27ClF3NO. The lowest BCUT2D eigenvalue weighted by Crippen LogP contribution is -2.37. The Bertz CT molecular complexity index is 350. The normalized spacial score (nSPS) is 11.0. The number of rotatable bonds is 5. The summed E-state index contributed by atoms with van der Waals surface area (Å²) in [6.45, 7) is 11.4. The molecule has 0 rings (SSSR count). The van der Waals surface area contributed by atoms with Gasteiger partial charge in [-0.05, 0) is 37.4 Å². The van der Waals surface area contributed by atoms with Gasteiger partial charge in [0.1, 0.15) is 6.54 Å². The highest BCUT2D eigenvalue weighted by atomic mass is 35.5. The second-order valence-electron chi connectivity index (χ2n) is 3.81. The number of carbonyl (C=O) groups excluding carboxylic acids is 1. The van der Waals surface area contributed by atoms with Crippen molar-refractivity contribution in [2.24, 2.45) is 0 Å². The molecule has 0 saturated heterocycles. The molecule has 1 amide bonds. The number of carbonyl (C=O) groups is 1. The van der Waals surface area contributed by atoms with Crippen molar-refractivity contribution in [1.82, 2.24) is 4.90 Å². The molecule has 0 atom stereocenters. The summed E-state index contributed by atoms with van der Waals surface area (Å²) in [6.07, 6.45) is 3.21. The molecule has 0 bridgehead atoms. The van der Waals surface area contributed by atoms with Crippen molar-refractivity contribution in [1.29, 1.82) is 0 Å². The molecule has 22 heavy (non-hydrogen) atoms. The van der Waals surface area contributed by atoms with E-state index >= 15 is 0 Å². The molecule has 0 spiro atoms. The Morgan fingerprint density at radius 3 is 2.00 bits per heavy atom. The predicted octanol–water partition coefficient (Wildman–Crippen LogP) is 6.34. The Hall–Kier alpha value is -1.23. The Balaban J connectivity index is -0.000000637. The smallest absolute Gasteiger partial charge is 0.316 e. The minimum absolute atomic E-state index is 0.144. The quantitative estimate of drug-likeness (QED) is 0.247. The zero-order valence-corrected chi connectivity index (χ0v) is 14.8. The van der Waals surface area contributed by atoms with E-state index in [1.807, 2.05) is 27.7 Å². The Morgan fingerprint density at radius 1 is 1.27 bits per heavy atom. The number of halogens is 4. The van der Waals surface area contributed by atoms with Gasteiger partial charge in [-0.15, -0.1) is 6.58 Å². The molecule has 0 aliphatic carbocycles. The van der Waals surface area contributed by atoms with Gasteiger partial charge in [-0.1, -0.05) is 45.1 Å². The Kier molecular flexibility index (Phi) is 18.9. The van der Waals surface area contributed by atoms with Crippen LogP contribution in [0.5, 0.6) is 0 Å². The van der Waals surface area contributed by atoms with E-state index in [4.69, 9.17) is 11.6 Å². The van der Waals surface area contributed by atoms with Crippen molar-refractivity contribution < 1.29 is 18.0 Å². The predicted molar refractivity (Wildman–Crippen MR) is 89.3 cm³/mol. The van der Waals surface area contributed by atoms with Crippen molar-refractivity contribution in [3.8, 4) is 0 Å². The molecule has 0 radical (unpaired) electrons. The van der Waals surface area contributed by atoms with Crippen molar-refractivity contribution in [2.45, 2.75) is 47.2 Å². The van der Waals surface area contributed by atoms with Crippen LogP contribution < -0.4 is 0 Å². The lowest BCUT2D eigenvalue weighted by atomic mass is 10.2. The standard InChI is InChI=1S/C11H15ClF3NO.C3H6.C2H6/c1-3-5-6-9(4-2)7-16(10(12)17)8-11(13,14)15;1-3-2;1-2/h4-6H,3,7-8H2,1-2H3;3H,1H2,2H3;1-2H3/b6-5-,9-4+;;. The van der Waals surface area contributed by atoms with Gasteiger partial charge in [0.2, 0.25) is 0 Å².